The molecule has 0 atom stereocenters. The Morgan fingerprint density at radius 2 is 1.96 bits per heavy atom. The number of pyridine rings is 1. The maximum Gasteiger partial charge on any atom is 0.255 e. The predicted octanol–water partition coefficient (Wildman–Crippen LogP) is 3.21. The average Bonchev–Trinajstić information content (AvgIpc) is 2.89. The van der Waals surface area contributed by atoms with Crippen molar-refractivity contribution in [3.63, 3.8) is 0 Å². The first-order valence-corrected chi connectivity index (χ1v) is 9.86. The molecule has 1 aliphatic heterocycles. The summed E-state index contributed by atoms with van der Waals surface area (Å²) in [6.45, 7) is 7.49. The van der Waals surface area contributed by atoms with Gasteiger partial charge in [-0.3, -0.25) is 4.79 Å². The molecule has 1 amide bonds. The van der Waals surface area contributed by atoms with Crippen LogP contribution in [0.25, 0.3) is 0 Å². The van der Waals surface area contributed by atoms with Gasteiger partial charge in [0.15, 0.2) is 0 Å². The van der Waals surface area contributed by atoms with E-state index in [0.29, 0.717) is 18.1 Å². The van der Waals surface area contributed by atoms with Crippen LogP contribution in [0.3, 0.4) is 0 Å². The normalized spacial score (nSPS) is 20.3. The van der Waals surface area contributed by atoms with Gasteiger partial charge < -0.3 is 14.5 Å². The molecule has 0 bridgehead atoms. The van der Waals surface area contributed by atoms with Crippen LogP contribution in [-0.4, -0.2) is 60.0 Å². The molecule has 1 saturated heterocycles. The van der Waals surface area contributed by atoms with Gasteiger partial charge in [-0.25, -0.2) is 4.98 Å². The number of nitrogens with zero attached hydrogens (tertiary/aromatic N) is 3. The quantitative estimate of drug-likeness (QED) is 0.822. The molecule has 2 fully saturated rings. The Morgan fingerprint density at radius 1 is 1.12 bits per heavy atom. The molecule has 0 N–H and O–H groups in total. The Kier molecular flexibility index (Phi) is 6.68. The second-order valence-electron chi connectivity index (χ2n) is 7.27. The van der Waals surface area contributed by atoms with Crippen LogP contribution in [0, 0.1) is 5.92 Å². The molecule has 1 aromatic heterocycles. The first-order chi connectivity index (χ1) is 12.3. The molecule has 1 saturated carbocycles. The Labute approximate surface area is 151 Å². The minimum Gasteiger partial charge on any atom is -0.478 e. The SMILES string of the molecule is CCOc1ccc(C(=O)N2CCCN(CC3CCCCC3)CC2)cn1. The van der Waals surface area contributed by atoms with Crippen LogP contribution >= 0.6 is 0 Å². The number of carbonyl (C=O) groups is 1. The first kappa shape index (κ1) is 18.2. The molecule has 5 heteroatoms. The van der Waals surface area contributed by atoms with E-state index in [4.69, 9.17) is 4.74 Å². The third-order valence-electron chi connectivity index (χ3n) is 5.39. The molecule has 0 spiro atoms. The lowest BCUT2D eigenvalue weighted by Crippen LogP contribution is -2.37. The van der Waals surface area contributed by atoms with E-state index < -0.39 is 0 Å². The van der Waals surface area contributed by atoms with Gasteiger partial charge in [0.1, 0.15) is 0 Å². The molecule has 0 aromatic carbocycles. The van der Waals surface area contributed by atoms with Gasteiger partial charge in [0.05, 0.1) is 12.2 Å². The fourth-order valence-electron chi connectivity index (χ4n) is 4.01. The standard InChI is InChI=1S/C20H31N3O2/c1-2-25-19-10-9-18(15-21-19)20(24)23-12-6-11-22(13-14-23)16-17-7-4-3-5-8-17/h9-10,15,17H,2-8,11-14,16H2,1H3. The summed E-state index contributed by atoms with van der Waals surface area (Å²) >= 11 is 0. The maximum atomic E-state index is 12.7. The third-order valence-corrected chi connectivity index (χ3v) is 5.39. The number of ether oxygens (including phenoxy) is 1. The van der Waals surface area contributed by atoms with E-state index in [-0.39, 0.29) is 5.91 Å². The van der Waals surface area contributed by atoms with Gasteiger partial charge in [0.25, 0.3) is 5.91 Å². The van der Waals surface area contributed by atoms with Crippen molar-refractivity contribution in [3.05, 3.63) is 23.9 Å². The number of hydrogen-bond acceptors (Lipinski definition) is 4. The summed E-state index contributed by atoms with van der Waals surface area (Å²) in [6, 6.07) is 3.61. The topological polar surface area (TPSA) is 45.7 Å². The van der Waals surface area contributed by atoms with E-state index in [1.807, 2.05) is 17.9 Å². The lowest BCUT2D eigenvalue weighted by molar-refractivity contribution is 0.0759. The van der Waals surface area contributed by atoms with Crippen LogP contribution < -0.4 is 4.74 Å². The van der Waals surface area contributed by atoms with E-state index >= 15 is 0 Å². The molecule has 5 nitrogen and oxygen atoms in total. The molecule has 2 aliphatic rings. The lowest BCUT2D eigenvalue weighted by atomic mass is 9.89. The minimum absolute atomic E-state index is 0.0927. The van der Waals surface area contributed by atoms with E-state index in [1.165, 1.54) is 38.6 Å². The zero-order valence-corrected chi connectivity index (χ0v) is 15.5. The summed E-state index contributed by atoms with van der Waals surface area (Å²) in [5, 5.41) is 0. The highest BCUT2D eigenvalue weighted by atomic mass is 16.5. The number of hydrogen-bond donors (Lipinski definition) is 0. The smallest absolute Gasteiger partial charge is 0.255 e. The molecule has 25 heavy (non-hydrogen) atoms. The van der Waals surface area contributed by atoms with Crippen molar-refractivity contribution in [2.75, 3.05) is 39.3 Å². The summed E-state index contributed by atoms with van der Waals surface area (Å²) in [4.78, 5) is 21.5. The number of amides is 1. The molecule has 3 rings (SSSR count). The third kappa shape index (κ3) is 5.18. The zero-order chi connectivity index (χ0) is 17.5. The van der Waals surface area contributed by atoms with Crippen molar-refractivity contribution in [2.24, 2.45) is 5.92 Å². The van der Waals surface area contributed by atoms with Gasteiger partial charge in [-0.1, -0.05) is 19.3 Å². The molecule has 1 aliphatic carbocycles. The molecule has 0 radical (unpaired) electrons. The number of aromatic nitrogens is 1. The lowest BCUT2D eigenvalue weighted by Gasteiger charge is -2.28. The van der Waals surface area contributed by atoms with Gasteiger partial charge in [-0.2, -0.15) is 0 Å². The highest BCUT2D eigenvalue weighted by Crippen LogP contribution is 2.24. The van der Waals surface area contributed by atoms with Crippen molar-refractivity contribution >= 4 is 5.91 Å². The highest BCUT2D eigenvalue weighted by molar-refractivity contribution is 5.94. The molecular weight excluding hydrogens is 314 g/mol. The van der Waals surface area contributed by atoms with Crippen molar-refractivity contribution in [1.29, 1.82) is 0 Å². The minimum atomic E-state index is 0.0927. The van der Waals surface area contributed by atoms with Gasteiger partial charge in [-0.05, 0) is 44.7 Å². The largest absolute Gasteiger partial charge is 0.478 e. The van der Waals surface area contributed by atoms with Gasteiger partial charge >= 0.3 is 0 Å². The molecular formula is C20H31N3O2. The monoisotopic (exact) mass is 345 g/mol. The number of rotatable bonds is 5. The predicted molar refractivity (Wildman–Crippen MR) is 98.9 cm³/mol. The van der Waals surface area contributed by atoms with Crippen LogP contribution in [0.2, 0.25) is 0 Å². The van der Waals surface area contributed by atoms with Crippen LogP contribution in [0.1, 0.15) is 55.8 Å². The van der Waals surface area contributed by atoms with Gasteiger partial charge in [0.2, 0.25) is 5.88 Å². The second-order valence-corrected chi connectivity index (χ2v) is 7.27. The van der Waals surface area contributed by atoms with Crippen LogP contribution in [0.5, 0.6) is 5.88 Å². The van der Waals surface area contributed by atoms with Crippen LogP contribution in [-0.2, 0) is 0 Å². The van der Waals surface area contributed by atoms with Crippen molar-refractivity contribution in [1.82, 2.24) is 14.8 Å². The Morgan fingerprint density at radius 3 is 2.68 bits per heavy atom. The van der Waals surface area contributed by atoms with Gasteiger partial charge in [-0.15, -0.1) is 0 Å². The summed E-state index contributed by atoms with van der Waals surface area (Å²) in [6.07, 6.45) is 9.67. The van der Waals surface area contributed by atoms with Crippen molar-refractivity contribution in [2.45, 2.75) is 45.4 Å². The van der Waals surface area contributed by atoms with Crippen molar-refractivity contribution < 1.29 is 9.53 Å². The zero-order valence-electron chi connectivity index (χ0n) is 15.5. The van der Waals surface area contributed by atoms with E-state index in [2.05, 4.69) is 9.88 Å². The van der Waals surface area contributed by atoms with E-state index in [1.54, 1.807) is 12.3 Å². The maximum absolute atomic E-state index is 12.7. The van der Waals surface area contributed by atoms with Crippen molar-refractivity contribution in [3.8, 4) is 5.88 Å². The van der Waals surface area contributed by atoms with Gasteiger partial charge in [0, 0.05) is 38.4 Å². The number of carbonyl (C=O) groups excluding carboxylic acids is 1. The average molecular weight is 345 g/mol. The summed E-state index contributed by atoms with van der Waals surface area (Å²) in [5.41, 5.74) is 0.657. The van der Waals surface area contributed by atoms with E-state index in [9.17, 15) is 4.79 Å². The molecule has 0 unspecified atom stereocenters. The Hall–Kier alpha value is -1.62. The Balaban J connectivity index is 1.52. The molecule has 2 heterocycles. The molecule has 138 valence electrons. The van der Waals surface area contributed by atoms with Crippen LogP contribution in [0.15, 0.2) is 18.3 Å². The highest BCUT2D eigenvalue weighted by Gasteiger charge is 2.23. The van der Waals surface area contributed by atoms with E-state index in [0.717, 1.165) is 38.5 Å². The summed E-state index contributed by atoms with van der Waals surface area (Å²) in [5.74, 6) is 1.54. The summed E-state index contributed by atoms with van der Waals surface area (Å²) < 4.78 is 5.35. The van der Waals surface area contributed by atoms with Crippen LogP contribution in [0.4, 0.5) is 0 Å². The second kappa shape index (κ2) is 9.18. The fourth-order valence-corrected chi connectivity index (χ4v) is 4.01. The summed E-state index contributed by atoms with van der Waals surface area (Å²) in [7, 11) is 0. The molecule has 1 aromatic rings. The fraction of sp³-hybridized carbons (Fsp3) is 0.700. The first-order valence-electron chi connectivity index (χ1n) is 9.86. The Bertz CT molecular complexity index is 540.